The number of thiocarbonyl (C=S) groups is 1. The van der Waals surface area contributed by atoms with E-state index in [1.54, 1.807) is 6.92 Å². The molecular formula is C8H16N2O3S2. The first kappa shape index (κ1) is 14.3. The van der Waals surface area contributed by atoms with Crippen molar-refractivity contribution in [1.29, 1.82) is 0 Å². The fourth-order valence-corrected chi connectivity index (χ4v) is 1.74. The van der Waals surface area contributed by atoms with E-state index in [9.17, 15) is 13.2 Å². The van der Waals surface area contributed by atoms with E-state index in [4.69, 9.17) is 5.73 Å². The average Bonchev–Trinajstić information content (AvgIpc) is 2.01. The van der Waals surface area contributed by atoms with E-state index in [2.05, 4.69) is 12.2 Å². The van der Waals surface area contributed by atoms with Crippen LogP contribution >= 0.6 is 12.2 Å². The van der Waals surface area contributed by atoms with E-state index < -0.39 is 21.5 Å². The zero-order valence-corrected chi connectivity index (χ0v) is 10.5. The number of hydrogen-bond donors (Lipinski definition) is 1. The second kappa shape index (κ2) is 6.02. The molecule has 0 heterocycles. The third-order valence-electron chi connectivity index (χ3n) is 1.75. The smallest absolute Gasteiger partial charge is 0.237 e. The van der Waals surface area contributed by atoms with Gasteiger partial charge in [0.05, 0.1) is 4.99 Å². The van der Waals surface area contributed by atoms with Gasteiger partial charge in [-0.3, -0.25) is 4.79 Å². The van der Waals surface area contributed by atoms with Crippen molar-refractivity contribution >= 4 is 33.0 Å². The van der Waals surface area contributed by atoms with E-state index in [-0.39, 0.29) is 0 Å². The summed E-state index contributed by atoms with van der Waals surface area (Å²) in [4.78, 5) is 13.2. The van der Waals surface area contributed by atoms with Gasteiger partial charge in [-0.05, 0) is 6.92 Å². The molecule has 0 saturated carbocycles. The molecule has 0 saturated heterocycles. The Bertz CT molecular complexity index is 338. The third-order valence-corrected chi connectivity index (χ3v) is 2.72. The van der Waals surface area contributed by atoms with Gasteiger partial charge in [0.2, 0.25) is 5.91 Å². The van der Waals surface area contributed by atoms with Crippen LogP contribution < -0.4 is 5.73 Å². The number of hydrogen-bond acceptors (Lipinski definition) is 4. The molecule has 0 aromatic heterocycles. The Morgan fingerprint density at radius 1 is 1.47 bits per heavy atom. The topological polar surface area (TPSA) is 80.5 Å². The van der Waals surface area contributed by atoms with Crippen LogP contribution in [0.4, 0.5) is 0 Å². The van der Waals surface area contributed by atoms with Crippen LogP contribution in [0.25, 0.3) is 0 Å². The van der Waals surface area contributed by atoms with Crippen LogP contribution in [-0.2, 0) is 14.6 Å². The Kier molecular flexibility index (Phi) is 5.74. The Morgan fingerprint density at radius 2 is 2.00 bits per heavy atom. The van der Waals surface area contributed by atoms with Crippen molar-refractivity contribution in [3.8, 4) is 0 Å². The van der Waals surface area contributed by atoms with Gasteiger partial charge in [0.1, 0.15) is 5.75 Å². The van der Waals surface area contributed by atoms with Crippen molar-refractivity contribution in [2.45, 2.75) is 13.3 Å². The van der Waals surface area contributed by atoms with Crippen LogP contribution in [0.5, 0.6) is 0 Å². The molecule has 0 aliphatic carbocycles. The van der Waals surface area contributed by atoms with Gasteiger partial charge < -0.3 is 10.6 Å². The van der Waals surface area contributed by atoms with Gasteiger partial charge in [-0.25, -0.2) is 8.42 Å². The molecule has 5 nitrogen and oxygen atoms in total. The van der Waals surface area contributed by atoms with Gasteiger partial charge in [-0.2, -0.15) is 0 Å². The van der Waals surface area contributed by atoms with Crippen molar-refractivity contribution in [1.82, 2.24) is 4.90 Å². The maximum Gasteiger partial charge on any atom is 0.237 e. The lowest BCUT2D eigenvalue weighted by Crippen LogP contribution is -2.37. The normalized spacial score (nSPS) is 11.1. The minimum absolute atomic E-state index is 0.320. The highest BCUT2D eigenvalue weighted by Gasteiger charge is 2.16. The van der Waals surface area contributed by atoms with Crippen LogP contribution in [-0.4, -0.2) is 49.3 Å². The third kappa shape index (κ3) is 7.26. The molecule has 0 atom stereocenters. The molecule has 88 valence electrons. The summed E-state index contributed by atoms with van der Waals surface area (Å²) in [7, 11) is -3.27. The average molecular weight is 252 g/mol. The lowest BCUT2D eigenvalue weighted by Gasteiger charge is -2.19. The standard InChI is InChI=1S/C8H16N2O3S2/c1-3-10(5-4-7(9)14)8(11)6-15(2,12)13/h3-6H2,1-2H3,(H2,9,14). The second-order valence-electron chi connectivity index (χ2n) is 3.26. The molecule has 0 rings (SSSR count). The minimum atomic E-state index is -3.27. The van der Waals surface area contributed by atoms with Crippen LogP contribution in [0.3, 0.4) is 0 Å². The Hall–Kier alpha value is -0.690. The summed E-state index contributed by atoms with van der Waals surface area (Å²) in [5.74, 6) is -0.866. The van der Waals surface area contributed by atoms with Crippen LogP contribution in [0.15, 0.2) is 0 Å². The quantitative estimate of drug-likeness (QED) is 0.648. The van der Waals surface area contributed by atoms with Gasteiger partial charge in [0.25, 0.3) is 0 Å². The van der Waals surface area contributed by atoms with Crippen LogP contribution in [0.2, 0.25) is 0 Å². The van der Waals surface area contributed by atoms with Gasteiger partial charge in [0.15, 0.2) is 9.84 Å². The summed E-state index contributed by atoms with van der Waals surface area (Å²) in [6, 6.07) is 0. The number of rotatable bonds is 6. The summed E-state index contributed by atoms with van der Waals surface area (Å²) in [5.41, 5.74) is 5.30. The van der Waals surface area contributed by atoms with Gasteiger partial charge >= 0.3 is 0 Å². The van der Waals surface area contributed by atoms with Crippen molar-refractivity contribution in [2.24, 2.45) is 5.73 Å². The molecule has 2 N–H and O–H groups in total. The maximum atomic E-state index is 11.5. The number of carbonyl (C=O) groups excluding carboxylic acids is 1. The Morgan fingerprint density at radius 3 is 2.33 bits per heavy atom. The predicted octanol–water partition coefficient (Wildman–Crippen LogP) is -0.444. The van der Waals surface area contributed by atoms with E-state index >= 15 is 0 Å². The second-order valence-corrected chi connectivity index (χ2v) is 5.92. The zero-order chi connectivity index (χ0) is 12.1. The maximum absolute atomic E-state index is 11.5. The molecule has 0 spiro atoms. The summed E-state index contributed by atoms with van der Waals surface area (Å²) < 4.78 is 21.8. The SMILES string of the molecule is CCN(CCC(N)=S)C(=O)CS(C)(=O)=O. The van der Waals surface area contributed by atoms with E-state index in [1.807, 2.05) is 0 Å². The molecule has 0 bridgehead atoms. The molecule has 0 unspecified atom stereocenters. The molecule has 15 heavy (non-hydrogen) atoms. The van der Waals surface area contributed by atoms with Crippen molar-refractivity contribution in [3.63, 3.8) is 0 Å². The van der Waals surface area contributed by atoms with Crippen molar-refractivity contribution in [3.05, 3.63) is 0 Å². The molecular weight excluding hydrogens is 236 g/mol. The molecule has 0 aliphatic heterocycles. The van der Waals surface area contributed by atoms with E-state index in [0.29, 0.717) is 24.5 Å². The first-order valence-electron chi connectivity index (χ1n) is 4.50. The highest BCUT2D eigenvalue weighted by atomic mass is 32.2. The summed E-state index contributed by atoms with van der Waals surface area (Å²) in [6.07, 6.45) is 1.45. The minimum Gasteiger partial charge on any atom is -0.393 e. The number of amides is 1. The van der Waals surface area contributed by atoms with Crippen LogP contribution in [0.1, 0.15) is 13.3 Å². The Balaban J connectivity index is 4.29. The van der Waals surface area contributed by atoms with E-state index in [1.165, 1.54) is 4.90 Å². The summed E-state index contributed by atoms with van der Waals surface area (Å²) >= 11 is 4.68. The molecule has 0 aliphatic rings. The largest absolute Gasteiger partial charge is 0.393 e. The number of nitrogens with zero attached hydrogens (tertiary/aromatic N) is 1. The molecule has 0 radical (unpaired) electrons. The fourth-order valence-electron chi connectivity index (χ4n) is 1.02. The van der Waals surface area contributed by atoms with Gasteiger partial charge in [-0.1, -0.05) is 12.2 Å². The monoisotopic (exact) mass is 252 g/mol. The number of nitrogens with two attached hydrogens (primary N) is 1. The van der Waals surface area contributed by atoms with Crippen molar-refractivity contribution < 1.29 is 13.2 Å². The Labute approximate surface area is 95.5 Å². The molecule has 1 amide bonds. The zero-order valence-electron chi connectivity index (χ0n) is 8.89. The molecule has 0 fully saturated rings. The number of carbonyl (C=O) groups is 1. The van der Waals surface area contributed by atoms with Gasteiger partial charge in [-0.15, -0.1) is 0 Å². The molecule has 7 heteroatoms. The number of sulfone groups is 1. The lowest BCUT2D eigenvalue weighted by molar-refractivity contribution is -0.128. The summed E-state index contributed by atoms with van der Waals surface area (Å²) in [6.45, 7) is 2.61. The molecule has 0 aromatic rings. The fraction of sp³-hybridized carbons (Fsp3) is 0.750. The predicted molar refractivity (Wildman–Crippen MR) is 63.4 cm³/mol. The lowest BCUT2D eigenvalue weighted by atomic mass is 10.3. The highest BCUT2D eigenvalue weighted by Crippen LogP contribution is 1.96. The first-order valence-corrected chi connectivity index (χ1v) is 6.97. The van der Waals surface area contributed by atoms with Crippen LogP contribution in [0, 0.1) is 0 Å². The van der Waals surface area contributed by atoms with Gasteiger partial charge in [0, 0.05) is 25.8 Å². The first-order chi connectivity index (χ1) is 6.76. The molecule has 0 aromatic carbocycles. The van der Waals surface area contributed by atoms with Crippen molar-refractivity contribution in [2.75, 3.05) is 25.1 Å². The highest BCUT2D eigenvalue weighted by molar-refractivity contribution is 7.91. The summed E-state index contributed by atoms with van der Waals surface area (Å²) in [5, 5.41) is 0. The van der Waals surface area contributed by atoms with E-state index in [0.717, 1.165) is 6.26 Å².